The minimum atomic E-state index is -0.770. The first-order valence-electron chi connectivity index (χ1n) is 25.2. The third-order valence-corrected chi connectivity index (χ3v) is 11.3. The van der Waals surface area contributed by atoms with Crippen molar-refractivity contribution in [3.05, 3.63) is 12.2 Å². The van der Waals surface area contributed by atoms with Gasteiger partial charge in [-0.1, -0.05) is 226 Å². The maximum Gasteiger partial charge on any atom is 0.306 e. The molecule has 0 aliphatic heterocycles. The molecule has 6 heteroatoms. The number of carbonyl (C=O) groups is 3. The van der Waals surface area contributed by atoms with Gasteiger partial charge in [0.25, 0.3) is 0 Å². The minimum absolute atomic E-state index is 0.0710. The van der Waals surface area contributed by atoms with Crippen LogP contribution in [-0.4, -0.2) is 37.2 Å². The Morgan fingerprint density at radius 2 is 0.579 bits per heavy atom. The van der Waals surface area contributed by atoms with Crippen LogP contribution in [0.5, 0.6) is 0 Å². The summed E-state index contributed by atoms with van der Waals surface area (Å²) in [6.45, 7) is 6.64. The molecule has 0 saturated heterocycles. The second kappa shape index (κ2) is 46.8. The molecule has 57 heavy (non-hydrogen) atoms. The molecule has 0 rings (SSSR count). The monoisotopic (exact) mass is 805 g/mol. The molecule has 336 valence electrons. The van der Waals surface area contributed by atoms with Crippen LogP contribution in [0.3, 0.4) is 0 Å². The van der Waals surface area contributed by atoms with Crippen LogP contribution in [0.2, 0.25) is 0 Å². The molecule has 1 atom stereocenters. The molecular weight excluding hydrogens is 709 g/mol. The molecular formula is C51H96O6. The summed E-state index contributed by atoms with van der Waals surface area (Å²) in [5, 5.41) is 0. The van der Waals surface area contributed by atoms with Crippen LogP contribution >= 0.6 is 0 Å². The van der Waals surface area contributed by atoms with Gasteiger partial charge >= 0.3 is 17.9 Å². The largest absolute Gasteiger partial charge is 0.462 e. The number of hydrogen-bond donors (Lipinski definition) is 0. The number of ether oxygens (including phenoxy) is 3. The number of carbonyl (C=O) groups excluding carboxylic acids is 3. The first-order valence-corrected chi connectivity index (χ1v) is 25.2. The second-order valence-electron chi connectivity index (χ2n) is 17.1. The van der Waals surface area contributed by atoms with Gasteiger partial charge < -0.3 is 14.2 Å². The van der Waals surface area contributed by atoms with E-state index in [-0.39, 0.29) is 31.1 Å². The fraction of sp³-hybridized carbons (Fsp3) is 0.902. The summed E-state index contributed by atoms with van der Waals surface area (Å²) in [4.78, 5) is 37.9. The van der Waals surface area contributed by atoms with Crippen LogP contribution in [-0.2, 0) is 28.6 Å². The molecule has 0 heterocycles. The third kappa shape index (κ3) is 45.1. The van der Waals surface area contributed by atoms with E-state index in [9.17, 15) is 14.4 Å². The molecule has 0 saturated carbocycles. The second-order valence-corrected chi connectivity index (χ2v) is 17.1. The number of allylic oxidation sites excluding steroid dienone is 2. The standard InChI is InChI=1S/C51H96O6/c1-4-7-10-13-16-19-22-25-27-29-32-35-38-41-44-50(53)56-47-48(46-55-49(52)43-40-37-34-31-28-24-21-18-15-12-9-6-3)57-51(54)45-42-39-36-33-30-26-23-20-17-14-11-8-5-2/h26,30,48H,4-25,27-29,31-47H2,1-3H3/b30-26-. The summed E-state index contributed by atoms with van der Waals surface area (Å²) in [7, 11) is 0. The summed E-state index contributed by atoms with van der Waals surface area (Å²) in [5.74, 6) is -0.873. The van der Waals surface area contributed by atoms with E-state index in [4.69, 9.17) is 14.2 Å². The highest BCUT2D eigenvalue weighted by Gasteiger charge is 2.19. The van der Waals surface area contributed by atoms with E-state index < -0.39 is 6.10 Å². The van der Waals surface area contributed by atoms with E-state index in [1.54, 1.807) is 0 Å². The SMILES string of the molecule is CCCCCCCC/C=C\CCCCCC(=O)OC(COC(=O)CCCCCCCCCCCCCC)COC(=O)CCCCCCCCCCCCCCCC. The molecule has 0 N–H and O–H groups in total. The minimum Gasteiger partial charge on any atom is -0.462 e. The zero-order chi connectivity index (χ0) is 41.5. The number of hydrogen-bond acceptors (Lipinski definition) is 6. The van der Waals surface area contributed by atoms with Gasteiger partial charge in [0.05, 0.1) is 0 Å². The lowest BCUT2D eigenvalue weighted by molar-refractivity contribution is -0.167. The Balaban J connectivity index is 4.35. The van der Waals surface area contributed by atoms with E-state index in [0.29, 0.717) is 19.3 Å². The van der Waals surface area contributed by atoms with Crippen molar-refractivity contribution in [3.8, 4) is 0 Å². The molecule has 0 aliphatic rings. The number of unbranched alkanes of at least 4 members (excludes halogenated alkanes) is 33. The van der Waals surface area contributed by atoms with Crippen LogP contribution in [0, 0.1) is 0 Å². The van der Waals surface area contributed by atoms with Gasteiger partial charge in [0.15, 0.2) is 6.10 Å². The third-order valence-electron chi connectivity index (χ3n) is 11.3. The Kier molecular flexibility index (Phi) is 45.3. The fourth-order valence-electron chi connectivity index (χ4n) is 7.44. The van der Waals surface area contributed by atoms with E-state index in [1.165, 1.54) is 167 Å². The van der Waals surface area contributed by atoms with Crippen molar-refractivity contribution in [2.75, 3.05) is 13.2 Å². The van der Waals surface area contributed by atoms with E-state index in [2.05, 4.69) is 32.9 Å². The molecule has 0 amide bonds. The molecule has 0 bridgehead atoms. The molecule has 0 aromatic heterocycles. The average molecular weight is 805 g/mol. The summed E-state index contributed by atoms with van der Waals surface area (Å²) >= 11 is 0. The lowest BCUT2D eigenvalue weighted by Gasteiger charge is -2.18. The number of rotatable bonds is 46. The van der Waals surface area contributed by atoms with Crippen LogP contribution in [0.15, 0.2) is 12.2 Å². The molecule has 1 unspecified atom stereocenters. The summed E-state index contributed by atoms with van der Waals surface area (Å²) in [5.41, 5.74) is 0. The maximum atomic E-state index is 12.7. The molecule has 0 fully saturated rings. The highest BCUT2D eigenvalue weighted by Crippen LogP contribution is 2.16. The normalized spacial score (nSPS) is 12.0. The average Bonchev–Trinajstić information content (AvgIpc) is 3.21. The van der Waals surface area contributed by atoms with Crippen molar-refractivity contribution in [2.24, 2.45) is 0 Å². The Labute approximate surface area is 354 Å². The molecule has 6 nitrogen and oxygen atoms in total. The Morgan fingerprint density at radius 1 is 0.333 bits per heavy atom. The fourth-order valence-corrected chi connectivity index (χ4v) is 7.44. The van der Waals surface area contributed by atoms with E-state index >= 15 is 0 Å². The van der Waals surface area contributed by atoms with Crippen molar-refractivity contribution < 1.29 is 28.6 Å². The van der Waals surface area contributed by atoms with E-state index in [0.717, 1.165) is 70.6 Å². The van der Waals surface area contributed by atoms with Gasteiger partial charge in [0, 0.05) is 19.3 Å². The van der Waals surface area contributed by atoms with Crippen molar-refractivity contribution >= 4 is 17.9 Å². The first kappa shape index (κ1) is 55.2. The van der Waals surface area contributed by atoms with Gasteiger partial charge in [-0.05, 0) is 44.9 Å². The van der Waals surface area contributed by atoms with Gasteiger partial charge in [-0.25, -0.2) is 0 Å². The zero-order valence-corrected chi connectivity index (χ0v) is 38.4. The number of esters is 3. The topological polar surface area (TPSA) is 78.9 Å². The van der Waals surface area contributed by atoms with E-state index in [1.807, 2.05) is 0 Å². The van der Waals surface area contributed by atoms with Crippen LogP contribution in [0.4, 0.5) is 0 Å². The van der Waals surface area contributed by atoms with Gasteiger partial charge in [-0.2, -0.15) is 0 Å². The lowest BCUT2D eigenvalue weighted by atomic mass is 10.0. The quantitative estimate of drug-likeness (QED) is 0.0264. The smallest absolute Gasteiger partial charge is 0.306 e. The molecule has 0 aromatic carbocycles. The summed E-state index contributed by atoms with van der Waals surface area (Å²) in [6.07, 6.45) is 50.5. The molecule has 0 spiro atoms. The van der Waals surface area contributed by atoms with Crippen molar-refractivity contribution in [1.29, 1.82) is 0 Å². The predicted octanol–water partition coefficient (Wildman–Crippen LogP) is 16.2. The van der Waals surface area contributed by atoms with Crippen LogP contribution in [0.25, 0.3) is 0 Å². The Bertz CT molecular complexity index is 885. The van der Waals surface area contributed by atoms with Gasteiger partial charge in [-0.15, -0.1) is 0 Å². The van der Waals surface area contributed by atoms with Crippen LogP contribution < -0.4 is 0 Å². The molecule has 0 radical (unpaired) electrons. The lowest BCUT2D eigenvalue weighted by Crippen LogP contribution is -2.30. The van der Waals surface area contributed by atoms with Crippen molar-refractivity contribution in [2.45, 2.75) is 284 Å². The van der Waals surface area contributed by atoms with Crippen LogP contribution in [0.1, 0.15) is 278 Å². The zero-order valence-electron chi connectivity index (χ0n) is 38.4. The summed E-state index contributed by atoms with van der Waals surface area (Å²) < 4.78 is 16.8. The molecule has 0 aliphatic carbocycles. The maximum absolute atomic E-state index is 12.7. The van der Waals surface area contributed by atoms with Crippen molar-refractivity contribution in [3.63, 3.8) is 0 Å². The highest BCUT2D eigenvalue weighted by atomic mass is 16.6. The molecule has 0 aromatic rings. The summed E-state index contributed by atoms with van der Waals surface area (Å²) in [6, 6.07) is 0. The predicted molar refractivity (Wildman–Crippen MR) is 243 cm³/mol. The Morgan fingerprint density at radius 3 is 0.895 bits per heavy atom. The highest BCUT2D eigenvalue weighted by molar-refractivity contribution is 5.71. The van der Waals surface area contributed by atoms with Gasteiger partial charge in [-0.3, -0.25) is 14.4 Å². The van der Waals surface area contributed by atoms with Gasteiger partial charge in [0.1, 0.15) is 13.2 Å². The Hall–Kier alpha value is -1.85. The first-order chi connectivity index (χ1) is 28.0. The van der Waals surface area contributed by atoms with Gasteiger partial charge in [0.2, 0.25) is 0 Å². The van der Waals surface area contributed by atoms with Crippen molar-refractivity contribution in [1.82, 2.24) is 0 Å².